The monoisotopic (exact) mass is 561 g/mol. The Balaban J connectivity index is 1.84. The van der Waals surface area contributed by atoms with Crippen molar-refractivity contribution in [1.82, 2.24) is 14.6 Å². The zero-order chi connectivity index (χ0) is 28.1. The first kappa shape index (κ1) is 28.4. The highest BCUT2D eigenvalue weighted by Crippen LogP contribution is 2.41. The summed E-state index contributed by atoms with van der Waals surface area (Å²) in [7, 11) is 4.45. The second-order valence-electron chi connectivity index (χ2n) is 9.58. The maximum atomic E-state index is 14.1. The lowest BCUT2D eigenvalue weighted by atomic mass is 10.0. The molecule has 4 rings (SSSR count). The molecule has 1 aromatic carbocycles. The summed E-state index contributed by atoms with van der Waals surface area (Å²) in [6.07, 6.45) is 5.03. The summed E-state index contributed by atoms with van der Waals surface area (Å²) in [5.74, 6) is -0.733. The van der Waals surface area contributed by atoms with E-state index in [-0.39, 0.29) is 40.9 Å². The Hall–Kier alpha value is -3.58. The minimum atomic E-state index is -1.10. The molecule has 2 unspecified atom stereocenters. The Bertz CT molecular complexity index is 1180. The summed E-state index contributed by atoms with van der Waals surface area (Å²) in [4.78, 5) is 41.4. The summed E-state index contributed by atoms with van der Waals surface area (Å²) < 4.78 is 26.4. The Morgan fingerprint density at radius 3 is 2.28 bits per heavy atom. The van der Waals surface area contributed by atoms with Gasteiger partial charge in [0, 0.05) is 19.2 Å². The summed E-state index contributed by atoms with van der Waals surface area (Å²) in [5.41, 5.74) is 11.7. The van der Waals surface area contributed by atoms with Crippen LogP contribution in [0.1, 0.15) is 70.3 Å². The van der Waals surface area contributed by atoms with Crippen molar-refractivity contribution in [3.8, 4) is 17.2 Å². The van der Waals surface area contributed by atoms with Crippen molar-refractivity contribution >= 4 is 34.9 Å². The number of rotatable bonds is 11. The molecule has 2 aromatic rings. The number of benzene rings is 1. The molecular weight excluding hydrogens is 526 g/mol. The first-order valence-corrected chi connectivity index (χ1v) is 13.6. The van der Waals surface area contributed by atoms with E-state index >= 15 is 0 Å². The molecule has 0 radical (unpaired) electrons. The molecule has 39 heavy (non-hydrogen) atoms. The lowest BCUT2D eigenvalue weighted by Crippen LogP contribution is -2.48. The third kappa shape index (κ3) is 6.04. The molecule has 1 aliphatic heterocycles. The minimum absolute atomic E-state index is 0.00309. The molecule has 2 atom stereocenters. The second kappa shape index (κ2) is 12.5. The van der Waals surface area contributed by atoms with Gasteiger partial charge in [-0.1, -0.05) is 12.8 Å². The Morgan fingerprint density at radius 1 is 1.10 bits per heavy atom. The molecule has 1 aliphatic carbocycles. The maximum Gasteiger partial charge on any atom is 0.270 e. The average Bonchev–Trinajstić information content (AvgIpc) is 3.70. The molecule has 1 saturated carbocycles. The number of methoxy groups -OCH3 is 3. The number of nitrogens with zero attached hydrogens (tertiary/aromatic N) is 2. The molecule has 212 valence electrons. The smallest absolute Gasteiger partial charge is 0.270 e. The Kier molecular flexibility index (Phi) is 9.12. The number of nitrogens with two attached hydrogens (primary N) is 2. The molecule has 1 aromatic heterocycles. The molecule has 3 amide bonds. The van der Waals surface area contributed by atoms with Gasteiger partial charge in [-0.25, -0.2) is 0 Å². The van der Waals surface area contributed by atoms with Gasteiger partial charge in [0.1, 0.15) is 10.9 Å². The minimum Gasteiger partial charge on any atom is -0.493 e. The number of ether oxygens (including phenoxy) is 4. The predicted octanol–water partition coefficient (Wildman–Crippen LogP) is 2.27. The standard InChI is InChI=1S/C26H35N5O7S/c1-35-17-11-14(12-18(36-2)22(17)37-3)21(25(33)29-15-7-4-5-8-15)31(13-16-9-6-10-38-16)26(34)23-19(27)20(24(28)32)30-39-23/h11-12,15-16,21H,4-10,13,27H2,1-3H3,(H2,28,32)(H,29,33). The molecule has 0 bridgehead atoms. The highest BCUT2D eigenvalue weighted by molar-refractivity contribution is 7.09. The lowest BCUT2D eigenvalue weighted by Gasteiger charge is -2.34. The SMILES string of the molecule is COc1cc(C(C(=O)NC2CCCC2)N(CC2CCCO2)C(=O)c2snc(C(N)=O)c2N)cc(OC)c1OC. The van der Waals surface area contributed by atoms with Crippen LogP contribution in [-0.4, -0.2) is 73.6 Å². The second-order valence-corrected chi connectivity index (χ2v) is 10.4. The van der Waals surface area contributed by atoms with Crippen molar-refractivity contribution in [1.29, 1.82) is 0 Å². The molecule has 5 N–H and O–H groups in total. The Labute approximate surface area is 231 Å². The van der Waals surface area contributed by atoms with E-state index in [1.165, 1.54) is 26.2 Å². The van der Waals surface area contributed by atoms with E-state index in [0.717, 1.165) is 50.1 Å². The number of hydrogen-bond donors (Lipinski definition) is 3. The van der Waals surface area contributed by atoms with Crippen molar-refractivity contribution in [2.45, 2.75) is 56.7 Å². The van der Waals surface area contributed by atoms with Crippen molar-refractivity contribution in [3.63, 3.8) is 0 Å². The first-order chi connectivity index (χ1) is 18.8. The van der Waals surface area contributed by atoms with Crippen LogP contribution in [0, 0.1) is 0 Å². The van der Waals surface area contributed by atoms with Gasteiger partial charge in [0.2, 0.25) is 11.7 Å². The molecule has 0 spiro atoms. The molecular formula is C26H35N5O7S. The number of nitrogen functional groups attached to an aromatic ring is 1. The van der Waals surface area contributed by atoms with Crippen LogP contribution in [0.2, 0.25) is 0 Å². The van der Waals surface area contributed by atoms with Crippen LogP contribution in [0.3, 0.4) is 0 Å². The highest BCUT2D eigenvalue weighted by Gasteiger charge is 2.38. The van der Waals surface area contributed by atoms with Crippen molar-refractivity contribution in [3.05, 3.63) is 28.3 Å². The van der Waals surface area contributed by atoms with Crippen molar-refractivity contribution in [2.75, 3.05) is 40.2 Å². The number of nitrogens with one attached hydrogen (secondary N) is 1. The quantitative estimate of drug-likeness (QED) is 0.373. The number of carbonyl (C=O) groups excluding carboxylic acids is 3. The van der Waals surface area contributed by atoms with Crippen LogP contribution in [0.15, 0.2) is 12.1 Å². The Morgan fingerprint density at radius 2 is 1.77 bits per heavy atom. The zero-order valence-corrected chi connectivity index (χ0v) is 23.2. The molecule has 2 aliphatic rings. The molecule has 2 fully saturated rings. The van der Waals surface area contributed by atoms with Gasteiger partial charge in [-0.2, -0.15) is 4.37 Å². The number of anilines is 1. The normalized spacial score (nSPS) is 18.0. The van der Waals surface area contributed by atoms with Crippen LogP contribution < -0.4 is 31.0 Å². The molecule has 1 saturated heterocycles. The van der Waals surface area contributed by atoms with Crippen molar-refractivity contribution in [2.24, 2.45) is 5.73 Å². The first-order valence-electron chi connectivity index (χ1n) is 12.9. The summed E-state index contributed by atoms with van der Waals surface area (Å²) in [5, 5.41) is 3.13. The molecule has 13 heteroatoms. The van der Waals surface area contributed by atoms with E-state index in [1.54, 1.807) is 12.1 Å². The van der Waals surface area contributed by atoms with Gasteiger partial charge in [0.05, 0.1) is 33.1 Å². The number of primary amides is 1. The van der Waals surface area contributed by atoms with E-state index in [0.29, 0.717) is 29.4 Å². The molecule has 2 heterocycles. The van der Waals surface area contributed by atoms with Crippen LogP contribution in [0.5, 0.6) is 17.2 Å². The van der Waals surface area contributed by atoms with Crippen LogP contribution in [-0.2, 0) is 9.53 Å². The fourth-order valence-electron chi connectivity index (χ4n) is 5.16. The maximum absolute atomic E-state index is 14.1. The van der Waals surface area contributed by atoms with Gasteiger partial charge in [-0.05, 0) is 54.9 Å². The summed E-state index contributed by atoms with van der Waals surface area (Å²) in [6, 6.07) is 2.20. The van der Waals surface area contributed by atoms with E-state index < -0.39 is 17.9 Å². The van der Waals surface area contributed by atoms with Crippen LogP contribution >= 0.6 is 11.5 Å². The highest BCUT2D eigenvalue weighted by atomic mass is 32.1. The third-order valence-electron chi connectivity index (χ3n) is 7.11. The number of amides is 3. The lowest BCUT2D eigenvalue weighted by molar-refractivity contribution is -0.127. The number of carbonyl (C=O) groups is 3. The molecule has 12 nitrogen and oxygen atoms in total. The van der Waals surface area contributed by atoms with Gasteiger partial charge < -0.3 is 40.6 Å². The van der Waals surface area contributed by atoms with Crippen LogP contribution in [0.25, 0.3) is 0 Å². The van der Waals surface area contributed by atoms with Crippen molar-refractivity contribution < 1.29 is 33.3 Å². The summed E-state index contributed by atoms with van der Waals surface area (Å²) in [6.45, 7) is 0.672. The number of aromatic nitrogens is 1. The fraction of sp³-hybridized carbons (Fsp3) is 0.538. The van der Waals surface area contributed by atoms with Gasteiger partial charge in [0.15, 0.2) is 17.2 Å². The van der Waals surface area contributed by atoms with E-state index in [2.05, 4.69) is 9.69 Å². The fourth-order valence-corrected chi connectivity index (χ4v) is 5.92. The van der Waals surface area contributed by atoms with E-state index in [4.69, 9.17) is 30.4 Å². The summed E-state index contributed by atoms with van der Waals surface area (Å²) >= 11 is 0.769. The average molecular weight is 562 g/mol. The van der Waals surface area contributed by atoms with Crippen LogP contribution in [0.4, 0.5) is 5.69 Å². The predicted molar refractivity (Wildman–Crippen MR) is 144 cm³/mol. The van der Waals surface area contributed by atoms with E-state index in [9.17, 15) is 14.4 Å². The largest absolute Gasteiger partial charge is 0.493 e. The van der Waals surface area contributed by atoms with E-state index in [1.807, 2.05) is 0 Å². The van der Waals surface area contributed by atoms with Gasteiger partial charge >= 0.3 is 0 Å². The van der Waals surface area contributed by atoms with Gasteiger partial charge in [-0.3, -0.25) is 14.4 Å². The van der Waals surface area contributed by atoms with Gasteiger partial charge in [0.25, 0.3) is 11.8 Å². The third-order valence-corrected chi connectivity index (χ3v) is 7.96. The van der Waals surface area contributed by atoms with Gasteiger partial charge in [-0.15, -0.1) is 0 Å². The number of hydrogen-bond acceptors (Lipinski definition) is 10. The topological polar surface area (TPSA) is 168 Å². The zero-order valence-electron chi connectivity index (χ0n) is 22.4.